The third-order valence-electron chi connectivity index (χ3n) is 3.95. The number of aromatic carboxylic acids is 1. The summed E-state index contributed by atoms with van der Waals surface area (Å²) in [6, 6.07) is 11.2. The number of carboxylic acids is 1. The Morgan fingerprint density at radius 3 is 2.28 bits per heavy atom. The Balaban J connectivity index is 2.28. The van der Waals surface area contributed by atoms with Crippen molar-refractivity contribution in [2.24, 2.45) is 0 Å². The molecule has 0 unspecified atom stereocenters. The van der Waals surface area contributed by atoms with Gasteiger partial charge in [0.2, 0.25) is 0 Å². The Kier molecular flexibility index (Phi) is 6.06. The maximum atomic E-state index is 12.4. The number of carboxylic acid groups (broad SMARTS) is 1. The molecule has 0 heterocycles. The van der Waals surface area contributed by atoms with Gasteiger partial charge in [0.05, 0.1) is 11.1 Å². The fourth-order valence-electron chi connectivity index (χ4n) is 2.63. The van der Waals surface area contributed by atoms with Crippen LogP contribution in [0, 0.1) is 0 Å². The summed E-state index contributed by atoms with van der Waals surface area (Å²) in [6.07, 6.45) is 2.82. The Labute approximate surface area is 146 Å². The monoisotopic (exact) mass is 339 g/mol. The van der Waals surface area contributed by atoms with Crippen molar-refractivity contribution in [1.82, 2.24) is 0 Å². The van der Waals surface area contributed by atoms with Crippen LogP contribution in [0.1, 0.15) is 63.3 Å². The Hall–Kier alpha value is -2.95. The van der Waals surface area contributed by atoms with Gasteiger partial charge in [-0.05, 0) is 49.6 Å². The minimum atomic E-state index is -1.16. The SMILES string of the molecule is CCCCc1ccc(NC(=O)c2ccccc2C(=O)O)cc1C(C)=O. The normalized spacial score (nSPS) is 10.3. The average molecular weight is 339 g/mol. The molecule has 5 nitrogen and oxygen atoms in total. The maximum absolute atomic E-state index is 12.4. The zero-order valence-corrected chi connectivity index (χ0v) is 14.3. The molecule has 0 atom stereocenters. The molecule has 0 aliphatic rings. The highest BCUT2D eigenvalue weighted by molar-refractivity contribution is 6.11. The largest absolute Gasteiger partial charge is 0.478 e. The lowest BCUT2D eigenvalue weighted by atomic mass is 9.98. The summed E-state index contributed by atoms with van der Waals surface area (Å²) in [5.74, 6) is -1.74. The number of Topliss-reactive ketones (excluding diaryl/α,β-unsaturated/α-hetero) is 1. The number of anilines is 1. The van der Waals surface area contributed by atoms with E-state index in [0.29, 0.717) is 11.3 Å². The van der Waals surface area contributed by atoms with Crippen LogP contribution in [-0.4, -0.2) is 22.8 Å². The summed E-state index contributed by atoms with van der Waals surface area (Å²) in [4.78, 5) is 35.6. The molecular formula is C20H21NO4. The van der Waals surface area contributed by atoms with E-state index in [1.54, 1.807) is 24.3 Å². The van der Waals surface area contributed by atoms with Gasteiger partial charge in [-0.1, -0.05) is 31.5 Å². The van der Waals surface area contributed by atoms with Crippen LogP contribution in [0.2, 0.25) is 0 Å². The molecule has 0 saturated carbocycles. The molecule has 0 aromatic heterocycles. The van der Waals surface area contributed by atoms with Crippen LogP contribution in [0.25, 0.3) is 0 Å². The molecule has 0 spiro atoms. The summed E-state index contributed by atoms with van der Waals surface area (Å²) in [5, 5.41) is 11.9. The van der Waals surface area contributed by atoms with E-state index >= 15 is 0 Å². The number of benzene rings is 2. The van der Waals surface area contributed by atoms with Crippen molar-refractivity contribution >= 4 is 23.3 Å². The van der Waals surface area contributed by atoms with Crippen molar-refractivity contribution in [1.29, 1.82) is 0 Å². The van der Waals surface area contributed by atoms with Gasteiger partial charge in [-0.2, -0.15) is 0 Å². The standard InChI is InChI=1S/C20H21NO4/c1-3-4-7-14-10-11-15(12-18(14)13(2)22)21-19(23)16-8-5-6-9-17(16)20(24)25/h5-6,8-12H,3-4,7H2,1-2H3,(H,21,23)(H,24,25). The fraction of sp³-hybridized carbons (Fsp3) is 0.250. The summed E-state index contributed by atoms with van der Waals surface area (Å²) in [5.41, 5.74) is 2.02. The minimum absolute atomic E-state index is 0.0619. The van der Waals surface area contributed by atoms with Gasteiger partial charge in [0.25, 0.3) is 5.91 Å². The third kappa shape index (κ3) is 4.53. The molecule has 0 fully saturated rings. The van der Waals surface area contributed by atoms with Crippen molar-refractivity contribution in [3.8, 4) is 0 Å². The number of aryl methyl sites for hydroxylation is 1. The lowest BCUT2D eigenvalue weighted by Gasteiger charge is -2.11. The maximum Gasteiger partial charge on any atom is 0.336 e. The molecule has 2 aromatic carbocycles. The van der Waals surface area contributed by atoms with Crippen LogP contribution in [0.15, 0.2) is 42.5 Å². The van der Waals surface area contributed by atoms with E-state index in [4.69, 9.17) is 0 Å². The summed E-state index contributed by atoms with van der Waals surface area (Å²) in [6.45, 7) is 3.58. The van der Waals surface area contributed by atoms with Crippen LogP contribution in [0.4, 0.5) is 5.69 Å². The Morgan fingerprint density at radius 2 is 1.68 bits per heavy atom. The van der Waals surface area contributed by atoms with Gasteiger partial charge >= 0.3 is 5.97 Å². The lowest BCUT2D eigenvalue weighted by Crippen LogP contribution is -2.16. The third-order valence-corrected chi connectivity index (χ3v) is 3.95. The van der Waals surface area contributed by atoms with E-state index < -0.39 is 11.9 Å². The van der Waals surface area contributed by atoms with Crippen LogP contribution < -0.4 is 5.32 Å². The second-order valence-electron chi connectivity index (χ2n) is 5.84. The number of hydrogen-bond donors (Lipinski definition) is 2. The molecule has 1 amide bonds. The molecule has 130 valence electrons. The van der Waals surface area contributed by atoms with Crippen molar-refractivity contribution in [2.75, 3.05) is 5.32 Å². The van der Waals surface area contributed by atoms with Crippen LogP contribution in [0.5, 0.6) is 0 Å². The van der Waals surface area contributed by atoms with Crippen LogP contribution in [0.3, 0.4) is 0 Å². The summed E-state index contributed by atoms with van der Waals surface area (Å²) < 4.78 is 0. The molecule has 5 heteroatoms. The molecule has 0 saturated heterocycles. The number of rotatable bonds is 7. The second-order valence-corrected chi connectivity index (χ2v) is 5.84. The number of amides is 1. The highest BCUT2D eigenvalue weighted by Gasteiger charge is 2.16. The highest BCUT2D eigenvalue weighted by Crippen LogP contribution is 2.20. The smallest absolute Gasteiger partial charge is 0.336 e. The number of ketones is 1. The van der Waals surface area contributed by atoms with Gasteiger partial charge in [-0.15, -0.1) is 0 Å². The molecular weight excluding hydrogens is 318 g/mol. The van der Waals surface area contributed by atoms with Gasteiger partial charge < -0.3 is 10.4 Å². The number of unbranched alkanes of at least 4 members (excludes halogenated alkanes) is 1. The first-order chi connectivity index (χ1) is 11.9. The van der Waals surface area contributed by atoms with Crippen molar-refractivity contribution in [2.45, 2.75) is 33.1 Å². The molecule has 2 rings (SSSR count). The highest BCUT2D eigenvalue weighted by atomic mass is 16.4. The van der Waals surface area contributed by atoms with Crippen LogP contribution >= 0.6 is 0 Å². The number of nitrogens with one attached hydrogen (secondary N) is 1. The van der Waals surface area contributed by atoms with E-state index in [2.05, 4.69) is 12.2 Å². The summed E-state index contributed by atoms with van der Waals surface area (Å²) in [7, 11) is 0. The van der Waals surface area contributed by atoms with Gasteiger partial charge in [-0.3, -0.25) is 9.59 Å². The minimum Gasteiger partial charge on any atom is -0.478 e. The van der Waals surface area contributed by atoms with E-state index in [1.165, 1.54) is 19.1 Å². The lowest BCUT2D eigenvalue weighted by molar-refractivity contribution is 0.0692. The van der Waals surface area contributed by atoms with E-state index in [9.17, 15) is 19.5 Å². The molecule has 2 N–H and O–H groups in total. The fourth-order valence-corrected chi connectivity index (χ4v) is 2.63. The van der Waals surface area contributed by atoms with E-state index in [1.807, 2.05) is 6.07 Å². The van der Waals surface area contributed by atoms with Crippen LogP contribution in [-0.2, 0) is 6.42 Å². The number of carbonyl (C=O) groups is 3. The molecule has 0 aliphatic heterocycles. The number of hydrogen-bond acceptors (Lipinski definition) is 3. The first-order valence-corrected chi connectivity index (χ1v) is 8.21. The second kappa shape index (κ2) is 8.24. The molecule has 25 heavy (non-hydrogen) atoms. The molecule has 0 radical (unpaired) electrons. The number of carbonyl (C=O) groups excluding carboxylic acids is 2. The summed E-state index contributed by atoms with van der Waals surface area (Å²) >= 11 is 0. The predicted octanol–water partition coefficient (Wildman–Crippen LogP) is 4.18. The van der Waals surface area contributed by atoms with E-state index in [-0.39, 0.29) is 16.9 Å². The van der Waals surface area contributed by atoms with Crippen molar-refractivity contribution < 1.29 is 19.5 Å². The Morgan fingerprint density at radius 1 is 1.00 bits per heavy atom. The first-order valence-electron chi connectivity index (χ1n) is 8.21. The zero-order valence-electron chi connectivity index (χ0n) is 14.3. The Bertz CT molecular complexity index is 811. The molecule has 0 aliphatic carbocycles. The molecule has 2 aromatic rings. The van der Waals surface area contributed by atoms with Gasteiger partial charge in [0.1, 0.15) is 0 Å². The van der Waals surface area contributed by atoms with E-state index in [0.717, 1.165) is 24.8 Å². The van der Waals surface area contributed by atoms with Gasteiger partial charge in [0, 0.05) is 11.3 Å². The average Bonchev–Trinajstić information content (AvgIpc) is 2.60. The van der Waals surface area contributed by atoms with Crippen molar-refractivity contribution in [3.05, 3.63) is 64.7 Å². The van der Waals surface area contributed by atoms with Crippen molar-refractivity contribution in [3.63, 3.8) is 0 Å². The zero-order chi connectivity index (χ0) is 18.4. The topological polar surface area (TPSA) is 83.5 Å². The van der Waals surface area contributed by atoms with Gasteiger partial charge in [0.15, 0.2) is 5.78 Å². The predicted molar refractivity (Wildman–Crippen MR) is 96.4 cm³/mol. The molecule has 0 bridgehead atoms. The quantitative estimate of drug-likeness (QED) is 0.741. The van der Waals surface area contributed by atoms with Gasteiger partial charge in [-0.25, -0.2) is 4.79 Å². The first kappa shape index (κ1) is 18.4.